The Morgan fingerprint density at radius 3 is 2.71 bits per heavy atom. The van der Waals surface area contributed by atoms with Crippen LogP contribution in [0.25, 0.3) is 28.4 Å². The van der Waals surface area contributed by atoms with Gasteiger partial charge in [-0.3, -0.25) is 9.48 Å². The summed E-state index contributed by atoms with van der Waals surface area (Å²) in [6.45, 7) is 2.19. The first-order chi connectivity index (χ1) is 16.5. The minimum Gasteiger partial charge on any atom is -0.342 e. The van der Waals surface area contributed by atoms with Crippen molar-refractivity contribution in [3.63, 3.8) is 0 Å². The van der Waals surface area contributed by atoms with E-state index < -0.39 is 11.9 Å². The average molecular weight is 470 g/mol. The molecule has 0 saturated heterocycles. The maximum Gasteiger partial charge on any atom is 0.262 e. The van der Waals surface area contributed by atoms with Gasteiger partial charge in [0.2, 0.25) is 0 Å². The van der Waals surface area contributed by atoms with E-state index in [-0.39, 0.29) is 12.0 Å². The van der Waals surface area contributed by atoms with Crippen LogP contribution in [0.1, 0.15) is 30.8 Å². The number of nitrogens with one attached hydrogen (secondary N) is 2. The highest BCUT2D eigenvalue weighted by molar-refractivity contribution is 6.30. The third-order valence-corrected chi connectivity index (χ3v) is 5.44. The van der Waals surface area contributed by atoms with E-state index in [1.165, 1.54) is 6.08 Å². The lowest BCUT2D eigenvalue weighted by molar-refractivity contribution is -0.117. The molecule has 2 aromatic carbocycles. The number of para-hydroxylation sites is 2. The fourth-order valence-electron chi connectivity index (χ4n) is 3.48. The van der Waals surface area contributed by atoms with E-state index in [1.54, 1.807) is 29.9 Å². The molecule has 1 amide bonds. The van der Waals surface area contributed by atoms with Crippen LogP contribution in [0.4, 0.5) is 0 Å². The molecule has 0 unspecified atom stereocenters. The molecule has 0 spiro atoms. The Labute approximate surface area is 201 Å². The lowest BCUT2D eigenvalue weighted by atomic mass is 10.1. The zero-order valence-corrected chi connectivity index (χ0v) is 19.0. The number of rotatable bonds is 7. The number of carbonyl (C=O) groups excluding carboxylic acids is 1. The molecule has 0 radical (unpaired) electrons. The van der Waals surface area contributed by atoms with Gasteiger partial charge in [-0.15, -0.1) is 0 Å². The van der Waals surface area contributed by atoms with Crippen molar-refractivity contribution in [1.29, 1.82) is 10.5 Å². The molecule has 0 bridgehead atoms. The fraction of sp³-hybridized carbons (Fsp3) is 0.160. The number of benzene rings is 2. The number of hydrogen-bond donors (Lipinski definition) is 2. The highest BCUT2D eigenvalue weighted by Gasteiger charge is 2.18. The van der Waals surface area contributed by atoms with Gasteiger partial charge in [-0.05, 0) is 37.3 Å². The molecule has 0 aliphatic rings. The van der Waals surface area contributed by atoms with E-state index in [4.69, 9.17) is 16.9 Å². The Morgan fingerprint density at radius 2 is 2.00 bits per heavy atom. The number of halogens is 1. The Balaban J connectivity index is 1.62. The summed E-state index contributed by atoms with van der Waals surface area (Å²) in [7, 11) is 0. The minimum atomic E-state index is -0.526. The summed E-state index contributed by atoms with van der Waals surface area (Å²) in [4.78, 5) is 20.6. The maximum atomic E-state index is 12.9. The summed E-state index contributed by atoms with van der Waals surface area (Å²) in [6, 6.07) is 18.3. The molecular formula is C25H20ClN7O. The van der Waals surface area contributed by atoms with Crippen molar-refractivity contribution in [2.75, 3.05) is 0 Å². The number of aryl methyl sites for hydroxylation is 1. The van der Waals surface area contributed by atoms with E-state index in [0.717, 1.165) is 16.6 Å². The van der Waals surface area contributed by atoms with Crippen LogP contribution >= 0.6 is 11.6 Å². The smallest absolute Gasteiger partial charge is 0.262 e. The number of amides is 1. The average Bonchev–Trinajstić information content (AvgIpc) is 3.45. The second-order valence-corrected chi connectivity index (χ2v) is 8.05. The number of nitrogens with zero attached hydrogens (tertiary/aromatic N) is 5. The summed E-state index contributed by atoms with van der Waals surface area (Å²) in [5.41, 5.74) is 3.54. The van der Waals surface area contributed by atoms with Gasteiger partial charge < -0.3 is 10.3 Å². The predicted molar refractivity (Wildman–Crippen MR) is 129 cm³/mol. The van der Waals surface area contributed by atoms with Gasteiger partial charge in [0.25, 0.3) is 5.91 Å². The molecule has 4 aromatic rings. The second-order valence-electron chi connectivity index (χ2n) is 7.62. The number of hydrogen-bond acceptors (Lipinski definition) is 5. The molecule has 9 heteroatoms. The van der Waals surface area contributed by atoms with Gasteiger partial charge in [-0.25, -0.2) is 4.98 Å². The van der Waals surface area contributed by atoms with Gasteiger partial charge in [0.05, 0.1) is 41.8 Å². The predicted octanol–water partition coefficient (Wildman–Crippen LogP) is 4.78. The first-order valence-electron chi connectivity index (χ1n) is 10.6. The van der Waals surface area contributed by atoms with Crippen molar-refractivity contribution >= 4 is 34.6 Å². The molecule has 2 N–H and O–H groups in total. The fourth-order valence-corrected chi connectivity index (χ4v) is 3.60. The van der Waals surface area contributed by atoms with Crippen LogP contribution < -0.4 is 5.32 Å². The van der Waals surface area contributed by atoms with E-state index >= 15 is 0 Å². The number of imidazole rings is 1. The monoisotopic (exact) mass is 469 g/mol. The standard InChI is InChI=1S/C25H20ClN7O/c1-16(24-30-21-5-2-3-6-22(21)31-24)29-25(34)18(14-28)13-19-15-33(12-4-11-27)32-23(19)17-7-9-20(26)10-8-17/h2-3,5-10,13,15-16H,4,12H2,1H3,(H,29,34)(H,30,31)/b18-13+/t16-/m0/s1. The van der Waals surface area contributed by atoms with Crippen LogP contribution in [0, 0.1) is 22.7 Å². The lowest BCUT2D eigenvalue weighted by Crippen LogP contribution is -2.28. The number of aromatic nitrogens is 4. The van der Waals surface area contributed by atoms with Crippen LogP contribution in [0.15, 0.2) is 60.3 Å². The molecule has 0 fully saturated rings. The topological polar surface area (TPSA) is 123 Å². The van der Waals surface area contributed by atoms with E-state index in [0.29, 0.717) is 28.6 Å². The van der Waals surface area contributed by atoms with Crippen LogP contribution in [-0.4, -0.2) is 25.7 Å². The first-order valence-corrected chi connectivity index (χ1v) is 10.9. The SMILES string of the molecule is C[C@H](NC(=O)/C(C#N)=C/c1cn(CCC#N)nc1-c1ccc(Cl)cc1)c1nc2ccccc2[nH]1. The van der Waals surface area contributed by atoms with Crippen molar-refractivity contribution in [2.45, 2.75) is 25.9 Å². The van der Waals surface area contributed by atoms with Crippen molar-refractivity contribution in [1.82, 2.24) is 25.1 Å². The zero-order valence-electron chi connectivity index (χ0n) is 18.3. The summed E-state index contributed by atoms with van der Waals surface area (Å²) in [6.07, 6.45) is 3.50. The quantitative estimate of drug-likeness (QED) is 0.298. The molecule has 0 saturated carbocycles. The van der Waals surface area contributed by atoms with Gasteiger partial charge in [0, 0.05) is 22.3 Å². The molecule has 2 heterocycles. The lowest BCUT2D eigenvalue weighted by Gasteiger charge is -2.10. The van der Waals surface area contributed by atoms with Crippen LogP contribution in [0.2, 0.25) is 5.02 Å². The minimum absolute atomic E-state index is 0.0713. The highest BCUT2D eigenvalue weighted by atomic mass is 35.5. The molecule has 4 rings (SSSR count). The summed E-state index contributed by atoms with van der Waals surface area (Å²) >= 11 is 6.01. The van der Waals surface area contributed by atoms with Gasteiger partial charge in [0.1, 0.15) is 17.5 Å². The van der Waals surface area contributed by atoms with Gasteiger partial charge in [-0.2, -0.15) is 15.6 Å². The number of aromatic amines is 1. The molecule has 168 valence electrons. The van der Waals surface area contributed by atoms with E-state index in [2.05, 4.69) is 26.5 Å². The van der Waals surface area contributed by atoms with E-state index in [1.807, 2.05) is 42.5 Å². The Bertz CT molecular complexity index is 1420. The van der Waals surface area contributed by atoms with Gasteiger partial charge in [0.15, 0.2) is 0 Å². The molecule has 34 heavy (non-hydrogen) atoms. The number of nitriles is 2. The number of fused-ring (bicyclic) bond motifs is 1. The summed E-state index contributed by atoms with van der Waals surface area (Å²) in [5.74, 6) is 0.0697. The highest BCUT2D eigenvalue weighted by Crippen LogP contribution is 2.26. The molecule has 8 nitrogen and oxygen atoms in total. The molecular weight excluding hydrogens is 450 g/mol. The maximum absolute atomic E-state index is 12.9. The first kappa shape index (κ1) is 22.8. The van der Waals surface area contributed by atoms with Crippen LogP contribution in [-0.2, 0) is 11.3 Å². The Hall–Kier alpha value is -4.40. The van der Waals surface area contributed by atoms with Crippen molar-refractivity contribution < 1.29 is 4.79 Å². The normalized spacial score (nSPS) is 12.2. The van der Waals surface area contributed by atoms with Crippen LogP contribution in [0.3, 0.4) is 0 Å². The molecule has 0 aliphatic carbocycles. The Kier molecular flexibility index (Phi) is 6.72. The van der Waals surface area contributed by atoms with Crippen LogP contribution in [0.5, 0.6) is 0 Å². The Morgan fingerprint density at radius 1 is 1.24 bits per heavy atom. The molecule has 1 atom stereocenters. The van der Waals surface area contributed by atoms with Crippen molar-refractivity contribution in [2.24, 2.45) is 0 Å². The summed E-state index contributed by atoms with van der Waals surface area (Å²) in [5, 5.41) is 26.6. The number of H-pyrrole nitrogens is 1. The van der Waals surface area contributed by atoms with E-state index in [9.17, 15) is 10.1 Å². The second kappa shape index (κ2) is 10.0. The third kappa shape index (κ3) is 4.98. The third-order valence-electron chi connectivity index (χ3n) is 5.19. The molecule has 2 aromatic heterocycles. The number of carbonyl (C=O) groups is 1. The zero-order chi connectivity index (χ0) is 24.1. The largest absolute Gasteiger partial charge is 0.342 e. The van der Waals surface area contributed by atoms with Gasteiger partial charge >= 0.3 is 0 Å². The molecule has 0 aliphatic heterocycles. The summed E-state index contributed by atoms with van der Waals surface area (Å²) < 4.78 is 1.63. The van der Waals surface area contributed by atoms with Gasteiger partial charge in [-0.1, -0.05) is 35.9 Å². The van der Waals surface area contributed by atoms with Crippen molar-refractivity contribution in [3.8, 4) is 23.4 Å². The van der Waals surface area contributed by atoms with Crippen molar-refractivity contribution in [3.05, 3.63) is 76.7 Å².